The monoisotopic (exact) mass is 361 g/mol. The van der Waals surface area contributed by atoms with Gasteiger partial charge in [-0.25, -0.2) is 0 Å². The Morgan fingerprint density at radius 2 is 2.24 bits per heavy atom. The average Bonchev–Trinajstić information content (AvgIpc) is 3.42. The summed E-state index contributed by atoms with van der Waals surface area (Å²) in [5.41, 5.74) is 0. The number of piperazine rings is 1. The second-order valence-corrected chi connectivity index (χ2v) is 7.61. The molecule has 0 spiro atoms. The quantitative estimate of drug-likeness (QED) is 0.892. The van der Waals surface area contributed by atoms with Gasteiger partial charge < -0.3 is 14.7 Å². The molecule has 4 rings (SSSR count). The van der Waals surface area contributed by atoms with Crippen LogP contribution >= 0.6 is 11.3 Å². The zero-order chi connectivity index (χ0) is 17.2. The molecule has 8 heteroatoms. The molecule has 2 unspecified atom stereocenters. The van der Waals surface area contributed by atoms with E-state index in [1.807, 2.05) is 22.4 Å². The molecule has 2 aliphatic rings. The van der Waals surface area contributed by atoms with Crippen molar-refractivity contribution in [2.75, 3.05) is 39.3 Å². The van der Waals surface area contributed by atoms with Crippen LogP contribution in [0.25, 0.3) is 10.7 Å². The van der Waals surface area contributed by atoms with Gasteiger partial charge in [0.15, 0.2) is 0 Å². The fourth-order valence-corrected chi connectivity index (χ4v) is 4.17. The zero-order valence-corrected chi connectivity index (χ0v) is 15.2. The van der Waals surface area contributed by atoms with Gasteiger partial charge in [-0.15, -0.1) is 11.3 Å². The van der Waals surface area contributed by atoms with E-state index in [9.17, 15) is 4.79 Å². The molecule has 7 nitrogen and oxygen atoms in total. The van der Waals surface area contributed by atoms with Gasteiger partial charge in [0.2, 0.25) is 17.6 Å². The van der Waals surface area contributed by atoms with Crippen molar-refractivity contribution in [3.05, 3.63) is 23.4 Å². The highest BCUT2D eigenvalue weighted by molar-refractivity contribution is 7.13. The Kier molecular flexibility index (Phi) is 4.82. The number of aromatic nitrogens is 2. The van der Waals surface area contributed by atoms with E-state index >= 15 is 0 Å². The van der Waals surface area contributed by atoms with Gasteiger partial charge in [-0.05, 0) is 31.3 Å². The molecule has 4 heterocycles. The highest BCUT2D eigenvalue weighted by Gasteiger charge is 2.31. The molecule has 134 valence electrons. The Bertz CT molecular complexity index is 702. The number of carbonyl (C=O) groups is 1. The standard InChI is InChI=1S/C17H23N5O2S/c1-12(16-19-15(20-24-16)14-3-2-10-25-14)21-6-8-22(9-7-21)17(23)13-4-5-18-11-13/h2-3,10,12-13,18H,4-9,11H2,1H3. The van der Waals surface area contributed by atoms with Gasteiger partial charge >= 0.3 is 0 Å². The minimum absolute atomic E-state index is 0.0617. The van der Waals surface area contributed by atoms with Gasteiger partial charge in [0.05, 0.1) is 16.8 Å². The molecule has 0 bridgehead atoms. The molecule has 1 amide bonds. The molecule has 25 heavy (non-hydrogen) atoms. The first-order chi connectivity index (χ1) is 12.2. The van der Waals surface area contributed by atoms with Crippen molar-refractivity contribution in [3.8, 4) is 10.7 Å². The molecule has 2 aromatic heterocycles. The van der Waals surface area contributed by atoms with Gasteiger partial charge in [-0.2, -0.15) is 4.98 Å². The topological polar surface area (TPSA) is 74.5 Å². The van der Waals surface area contributed by atoms with Crippen molar-refractivity contribution in [3.63, 3.8) is 0 Å². The smallest absolute Gasteiger partial charge is 0.244 e. The van der Waals surface area contributed by atoms with Crippen molar-refractivity contribution in [1.82, 2.24) is 25.3 Å². The summed E-state index contributed by atoms with van der Waals surface area (Å²) >= 11 is 1.60. The Hall–Kier alpha value is -1.77. The van der Waals surface area contributed by atoms with Crippen LogP contribution < -0.4 is 5.32 Å². The van der Waals surface area contributed by atoms with Gasteiger partial charge in [-0.3, -0.25) is 9.69 Å². The third kappa shape index (κ3) is 3.47. The van der Waals surface area contributed by atoms with Gasteiger partial charge in [0, 0.05) is 32.7 Å². The molecule has 0 radical (unpaired) electrons. The van der Waals surface area contributed by atoms with Crippen LogP contribution in [0.5, 0.6) is 0 Å². The third-order valence-electron chi connectivity index (χ3n) is 5.12. The Labute approximate surface area is 151 Å². The summed E-state index contributed by atoms with van der Waals surface area (Å²) in [5, 5.41) is 9.37. The number of nitrogens with one attached hydrogen (secondary N) is 1. The molecule has 2 aromatic rings. The summed E-state index contributed by atoms with van der Waals surface area (Å²) < 4.78 is 5.47. The number of hydrogen-bond acceptors (Lipinski definition) is 7. The summed E-state index contributed by atoms with van der Waals surface area (Å²) in [4.78, 5) is 22.4. The minimum Gasteiger partial charge on any atom is -0.340 e. The summed E-state index contributed by atoms with van der Waals surface area (Å²) in [6.07, 6.45) is 0.961. The first kappa shape index (κ1) is 16.7. The maximum atomic E-state index is 12.5. The molecule has 0 aromatic carbocycles. The maximum absolute atomic E-state index is 12.5. The van der Waals surface area contributed by atoms with Crippen LogP contribution in [0.3, 0.4) is 0 Å². The van der Waals surface area contributed by atoms with Crippen molar-refractivity contribution in [2.45, 2.75) is 19.4 Å². The summed E-state index contributed by atoms with van der Waals surface area (Å²) in [7, 11) is 0. The Morgan fingerprint density at radius 1 is 1.40 bits per heavy atom. The van der Waals surface area contributed by atoms with Crippen LogP contribution in [0.15, 0.2) is 22.0 Å². The van der Waals surface area contributed by atoms with Crippen LogP contribution in [-0.2, 0) is 4.79 Å². The number of carbonyl (C=O) groups excluding carboxylic acids is 1. The zero-order valence-electron chi connectivity index (χ0n) is 14.4. The molecule has 1 N–H and O–H groups in total. The van der Waals surface area contributed by atoms with Crippen LogP contribution in [0.2, 0.25) is 0 Å². The Balaban J connectivity index is 1.35. The van der Waals surface area contributed by atoms with Crippen LogP contribution in [-0.4, -0.2) is 65.1 Å². The van der Waals surface area contributed by atoms with E-state index in [0.29, 0.717) is 17.6 Å². The van der Waals surface area contributed by atoms with E-state index in [2.05, 4.69) is 27.3 Å². The number of rotatable bonds is 4. The maximum Gasteiger partial charge on any atom is 0.244 e. The molecule has 2 fully saturated rings. The predicted molar refractivity (Wildman–Crippen MR) is 95.2 cm³/mol. The summed E-state index contributed by atoms with van der Waals surface area (Å²) in [6.45, 7) is 7.08. The van der Waals surface area contributed by atoms with Gasteiger partial charge in [-0.1, -0.05) is 11.2 Å². The summed E-state index contributed by atoms with van der Waals surface area (Å²) in [5.74, 6) is 1.76. The van der Waals surface area contributed by atoms with Gasteiger partial charge in [0.1, 0.15) is 0 Å². The van der Waals surface area contributed by atoms with Crippen molar-refractivity contribution < 1.29 is 9.32 Å². The number of hydrogen-bond donors (Lipinski definition) is 1. The van der Waals surface area contributed by atoms with Crippen molar-refractivity contribution in [1.29, 1.82) is 0 Å². The van der Waals surface area contributed by atoms with E-state index in [1.54, 1.807) is 11.3 Å². The number of amides is 1. The average molecular weight is 361 g/mol. The lowest BCUT2D eigenvalue weighted by Crippen LogP contribution is -2.51. The lowest BCUT2D eigenvalue weighted by Gasteiger charge is -2.37. The Morgan fingerprint density at radius 3 is 2.92 bits per heavy atom. The molecule has 0 aliphatic carbocycles. The van der Waals surface area contributed by atoms with E-state index in [0.717, 1.165) is 50.6 Å². The van der Waals surface area contributed by atoms with Gasteiger partial charge in [0.25, 0.3) is 0 Å². The molecular weight excluding hydrogens is 338 g/mol. The van der Waals surface area contributed by atoms with E-state index in [4.69, 9.17) is 4.52 Å². The second kappa shape index (κ2) is 7.23. The van der Waals surface area contributed by atoms with Crippen molar-refractivity contribution in [2.24, 2.45) is 5.92 Å². The van der Waals surface area contributed by atoms with Crippen LogP contribution in [0.1, 0.15) is 25.3 Å². The predicted octanol–water partition coefficient (Wildman–Crippen LogP) is 1.61. The van der Waals surface area contributed by atoms with Crippen molar-refractivity contribution >= 4 is 17.2 Å². The molecule has 2 atom stereocenters. The second-order valence-electron chi connectivity index (χ2n) is 6.66. The number of nitrogens with zero attached hydrogens (tertiary/aromatic N) is 4. The van der Waals surface area contributed by atoms with E-state index in [-0.39, 0.29) is 12.0 Å². The SMILES string of the molecule is CC(c1nc(-c2cccs2)no1)N1CCN(C(=O)C2CCNC2)CC1. The largest absolute Gasteiger partial charge is 0.340 e. The number of thiophene rings is 1. The minimum atomic E-state index is 0.0617. The first-order valence-corrected chi connectivity index (χ1v) is 9.71. The lowest BCUT2D eigenvalue weighted by atomic mass is 10.1. The lowest BCUT2D eigenvalue weighted by molar-refractivity contribution is -0.137. The van der Waals surface area contributed by atoms with E-state index < -0.39 is 0 Å². The molecular formula is C17H23N5O2S. The molecule has 2 aliphatic heterocycles. The molecule has 0 saturated carbocycles. The highest BCUT2D eigenvalue weighted by atomic mass is 32.1. The fourth-order valence-electron chi connectivity index (χ4n) is 3.52. The summed E-state index contributed by atoms with van der Waals surface area (Å²) in [6, 6.07) is 4.04. The highest BCUT2D eigenvalue weighted by Crippen LogP contribution is 2.26. The van der Waals surface area contributed by atoms with Crippen LogP contribution in [0, 0.1) is 5.92 Å². The third-order valence-corrected chi connectivity index (χ3v) is 5.99. The normalized spacial score (nSPS) is 23.1. The fraction of sp³-hybridized carbons (Fsp3) is 0.588. The first-order valence-electron chi connectivity index (χ1n) is 8.83. The van der Waals surface area contributed by atoms with E-state index in [1.165, 1.54) is 0 Å². The van der Waals surface area contributed by atoms with Crippen LogP contribution in [0.4, 0.5) is 0 Å². The molecule has 2 saturated heterocycles.